The second kappa shape index (κ2) is 6.43. The predicted molar refractivity (Wildman–Crippen MR) is 76.3 cm³/mol. The molecule has 4 N–H and O–H groups in total. The van der Waals surface area contributed by atoms with Crippen LogP contribution in [0.1, 0.15) is 23.2 Å². The summed E-state index contributed by atoms with van der Waals surface area (Å²) in [5.74, 6) is 0.531. The van der Waals surface area contributed by atoms with Crippen molar-refractivity contribution < 1.29 is 9.53 Å². The van der Waals surface area contributed by atoms with Crippen LogP contribution in [0.25, 0.3) is 0 Å². The van der Waals surface area contributed by atoms with E-state index < -0.39 is 0 Å². The van der Waals surface area contributed by atoms with Crippen molar-refractivity contribution in [1.29, 1.82) is 0 Å². The summed E-state index contributed by atoms with van der Waals surface area (Å²) >= 11 is 0. The highest BCUT2D eigenvalue weighted by molar-refractivity contribution is 5.96. The van der Waals surface area contributed by atoms with Crippen LogP contribution in [-0.4, -0.2) is 32.7 Å². The lowest BCUT2D eigenvalue weighted by Gasteiger charge is -2.12. The Bertz CT molecular complexity index is 442. The highest BCUT2D eigenvalue weighted by Gasteiger charge is 2.15. The maximum Gasteiger partial charge on any atom is 0.251 e. The first-order valence-corrected chi connectivity index (χ1v) is 6.64. The minimum Gasteiger partial charge on any atom is -0.397 e. The lowest BCUT2D eigenvalue weighted by Crippen LogP contribution is -2.18. The summed E-state index contributed by atoms with van der Waals surface area (Å²) in [7, 11) is 1.62. The lowest BCUT2D eigenvalue weighted by atomic mass is 10.1. The number of nitrogen functional groups attached to an aromatic ring is 1. The maximum atomic E-state index is 11.6. The molecule has 1 aliphatic heterocycles. The number of carbonyl (C=O) groups excluding carboxylic acids is 1. The van der Waals surface area contributed by atoms with Crippen LogP contribution >= 0.6 is 0 Å². The highest BCUT2D eigenvalue weighted by Crippen LogP contribution is 2.21. The highest BCUT2D eigenvalue weighted by atomic mass is 16.5. The van der Waals surface area contributed by atoms with Crippen molar-refractivity contribution in [2.24, 2.45) is 5.92 Å². The van der Waals surface area contributed by atoms with Gasteiger partial charge in [-0.25, -0.2) is 0 Å². The molecule has 1 atom stereocenters. The number of carbonyl (C=O) groups is 1. The van der Waals surface area contributed by atoms with E-state index in [2.05, 4.69) is 10.6 Å². The van der Waals surface area contributed by atoms with E-state index in [4.69, 9.17) is 10.5 Å². The summed E-state index contributed by atoms with van der Waals surface area (Å²) in [6.45, 7) is 2.57. The van der Waals surface area contributed by atoms with Gasteiger partial charge in [0.2, 0.25) is 0 Å². The molecular weight excluding hydrogens is 242 g/mol. The Balaban J connectivity index is 1.92. The van der Waals surface area contributed by atoms with Gasteiger partial charge in [0.15, 0.2) is 0 Å². The monoisotopic (exact) mass is 263 g/mol. The molecule has 1 saturated heterocycles. The average Bonchev–Trinajstić information content (AvgIpc) is 2.93. The number of anilines is 2. The number of hydrogen-bond acceptors (Lipinski definition) is 4. The van der Waals surface area contributed by atoms with Crippen molar-refractivity contribution in [3.05, 3.63) is 23.8 Å². The van der Waals surface area contributed by atoms with Crippen LogP contribution in [0.3, 0.4) is 0 Å². The summed E-state index contributed by atoms with van der Waals surface area (Å²) in [6.07, 6.45) is 2.19. The second-order valence-electron chi connectivity index (χ2n) is 4.83. The molecule has 5 nitrogen and oxygen atoms in total. The number of rotatable bonds is 5. The normalized spacial score (nSPS) is 18.3. The molecule has 1 aromatic carbocycles. The second-order valence-corrected chi connectivity index (χ2v) is 4.83. The Morgan fingerprint density at radius 3 is 3.05 bits per heavy atom. The number of nitrogens with two attached hydrogens (primary N) is 1. The quantitative estimate of drug-likeness (QED) is 0.703. The van der Waals surface area contributed by atoms with Gasteiger partial charge in [-0.05, 0) is 37.0 Å². The van der Waals surface area contributed by atoms with Gasteiger partial charge in [0.1, 0.15) is 0 Å². The van der Waals surface area contributed by atoms with Crippen LogP contribution < -0.4 is 16.4 Å². The van der Waals surface area contributed by atoms with E-state index in [1.165, 1.54) is 0 Å². The van der Waals surface area contributed by atoms with Crippen molar-refractivity contribution in [2.45, 2.75) is 12.8 Å². The fraction of sp³-hybridized carbons (Fsp3) is 0.500. The summed E-state index contributed by atoms with van der Waals surface area (Å²) in [5, 5.41) is 5.90. The Kier molecular flexibility index (Phi) is 4.63. The third kappa shape index (κ3) is 3.61. The molecule has 1 fully saturated rings. The Hall–Kier alpha value is -1.75. The molecule has 0 aliphatic carbocycles. The molecule has 0 spiro atoms. The van der Waals surface area contributed by atoms with Crippen LogP contribution in [0.4, 0.5) is 11.4 Å². The smallest absolute Gasteiger partial charge is 0.251 e. The van der Waals surface area contributed by atoms with Gasteiger partial charge in [-0.1, -0.05) is 0 Å². The van der Waals surface area contributed by atoms with Crippen molar-refractivity contribution in [1.82, 2.24) is 5.32 Å². The number of amides is 1. The summed E-state index contributed by atoms with van der Waals surface area (Å²) < 4.78 is 5.34. The number of benzene rings is 1. The van der Waals surface area contributed by atoms with E-state index in [0.29, 0.717) is 17.2 Å². The Labute approximate surface area is 113 Å². The third-order valence-electron chi connectivity index (χ3n) is 3.43. The maximum absolute atomic E-state index is 11.6. The molecule has 2 rings (SSSR count). The van der Waals surface area contributed by atoms with Crippen molar-refractivity contribution in [3.8, 4) is 0 Å². The topological polar surface area (TPSA) is 76.4 Å². The number of hydrogen-bond donors (Lipinski definition) is 3. The fourth-order valence-electron chi connectivity index (χ4n) is 2.22. The molecule has 1 heterocycles. The van der Waals surface area contributed by atoms with Gasteiger partial charge in [-0.15, -0.1) is 0 Å². The van der Waals surface area contributed by atoms with Gasteiger partial charge in [-0.2, -0.15) is 0 Å². The van der Waals surface area contributed by atoms with Crippen molar-refractivity contribution >= 4 is 17.3 Å². The Morgan fingerprint density at radius 2 is 2.37 bits per heavy atom. The fourth-order valence-corrected chi connectivity index (χ4v) is 2.22. The molecule has 1 amide bonds. The molecule has 1 aromatic rings. The van der Waals surface area contributed by atoms with E-state index in [0.717, 1.165) is 38.3 Å². The molecular formula is C14H21N3O2. The van der Waals surface area contributed by atoms with Crippen LogP contribution in [0.2, 0.25) is 0 Å². The van der Waals surface area contributed by atoms with E-state index in [1.807, 2.05) is 0 Å². The zero-order chi connectivity index (χ0) is 13.7. The first-order chi connectivity index (χ1) is 9.20. The van der Waals surface area contributed by atoms with Crippen LogP contribution in [0, 0.1) is 5.92 Å². The first kappa shape index (κ1) is 13.7. The van der Waals surface area contributed by atoms with Gasteiger partial charge in [0.05, 0.1) is 11.4 Å². The first-order valence-electron chi connectivity index (χ1n) is 6.64. The SMILES string of the molecule is CNC(=O)c1ccc(N)c(NCCC2CCOC2)c1. The minimum atomic E-state index is -0.104. The zero-order valence-electron chi connectivity index (χ0n) is 11.2. The molecule has 1 unspecified atom stereocenters. The van der Waals surface area contributed by atoms with E-state index >= 15 is 0 Å². The van der Waals surface area contributed by atoms with Crippen LogP contribution in [0.5, 0.6) is 0 Å². The molecule has 0 bridgehead atoms. The van der Waals surface area contributed by atoms with E-state index in [-0.39, 0.29) is 5.91 Å². The van der Waals surface area contributed by atoms with Gasteiger partial charge in [0.25, 0.3) is 5.91 Å². The van der Waals surface area contributed by atoms with E-state index in [9.17, 15) is 4.79 Å². The van der Waals surface area contributed by atoms with Gasteiger partial charge < -0.3 is 21.1 Å². The summed E-state index contributed by atoms with van der Waals surface area (Å²) in [6, 6.07) is 5.27. The van der Waals surface area contributed by atoms with Gasteiger partial charge >= 0.3 is 0 Å². The number of nitrogens with one attached hydrogen (secondary N) is 2. The molecule has 1 aliphatic rings. The summed E-state index contributed by atoms with van der Waals surface area (Å²) in [4.78, 5) is 11.6. The van der Waals surface area contributed by atoms with Crippen LogP contribution in [-0.2, 0) is 4.74 Å². The molecule has 19 heavy (non-hydrogen) atoms. The summed E-state index contributed by atoms with van der Waals surface area (Å²) in [5.41, 5.74) is 8.00. The van der Waals surface area contributed by atoms with E-state index in [1.54, 1.807) is 25.2 Å². The molecule has 0 radical (unpaired) electrons. The molecule has 0 saturated carbocycles. The zero-order valence-corrected chi connectivity index (χ0v) is 11.2. The lowest BCUT2D eigenvalue weighted by molar-refractivity contribution is 0.0963. The molecule has 0 aromatic heterocycles. The standard InChI is InChI=1S/C14H21N3O2/c1-16-14(18)11-2-3-12(15)13(8-11)17-6-4-10-5-7-19-9-10/h2-3,8,10,17H,4-7,9,15H2,1H3,(H,16,18). The minimum absolute atomic E-state index is 0.104. The van der Waals surface area contributed by atoms with Crippen molar-refractivity contribution in [2.75, 3.05) is 37.9 Å². The number of ether oxygens (including phenoxy) is 1. The third-order valence-corrected chi connectivity index (χ3v) is 3.43. The molecule has 104 valence electrons. The van der Waals surface area contributed by atoms with Gasteiger partial charge in [-0.3, -0.25) is 4.79 Å². The van der Waals surface area contributed by atoms with Crippen LogP contribution in [0.15, 0.2) is 18.2 Å². The predicted octanol–water partition coefficient (Wildman–Crippen LogP) is 1.47. The Morgan fingerprint density at radius 1 is 1.53 bits per heavy atom. The average molecular weight is 263 g/mol. The van der Waals surface area contributed by atoms with Crippen molar-refractivity contribution in [3.63, 3.8) is 0 Å². The largest absolute Gasteiger partial charge is 0.397 e. The van der Waals surface area contributed by atoms with Gasteiger partial charge in [0, 0.05) is 32.4 Å². The molecule has 5 heteroatoms.